The lowest BCUT2D eigenvalue weighted by molar-refractivity contribution is 0.243. The summed E-state index contributed by atoms with van der Waals surface area (Å²) in [4.78, 5) is 11.3. The number of rotatable bonds is 2. The lowest BCUT2D eigenvalue weighted by Gasteiger charge is -2.27. The van der Waals surface area contributed by atoms with Gasteiger partial charge in [0, 0.05) is 43.5 Å². The van der Waals surface area contributed by atoms with E-state index in [1.165, 1.54) is 16.8 Å². The Balaban J connectivity index is 1.74. The lowest BCUT2D eigenvalue weighted by atomic mass is 10.1. The molecule has 4 heteroatoms. The predicted molar refractivity (Wildman–Crippen MR) is 68.9 cm³/mol. The first-order chi connectivity index (χ1) is 8.31. The van der Waals surface area contributed by atoms with Crippen molar-refractivity contribution in [1.82, 2.24) is 14.9 Å². The van der Waals surface area contributed by atoms with Crippen LogP contribution in [-0.4, -0.2) is 21.4 Å². The Hall–Kier alpha value is -1.26. The third kappa shape index (κ3) is 2.37. The van der Waals surface area contributed by atoms with Crippen LogP contribution in [0.2, 0.25) is 0 Å². The van der Waals surface area contributed by atoms with Crippen LogP contribution in [0.5, 0.6) is 0 Å². The van der Waals surface area contributed by atoms with Crippen LogP contribution in [0.4, 0.5) is 0 Å². The molecule has 2 aromatic heterocycles. The molecule has 0 amide bonds. The Morgan fingerprint density at radius 3 is 3.24 bits per heavy atom. The lowest BCUT2D eigenvalue weighted by Crippen LogP contribution is -2.30. The van der Waals surface area contributed by atoms with Crippen molar-refractivity contribution >= 4 is 11.3 Å². The van der Waals surface area contributed by atoms with E-state index in [2.05, 4.69) is 31.7 Å². The molecule has 3 rings (SSSR count). The maximum absolute atomic E-state index is 4.51. The summed E-state index contributed by atoms with van der Waals surface area (Å²) in [5, 5.41) is 4.36. The molecule has 17 heavy (non-hydrogen) atoms. The van der Waals surface area contributed by atoms with Gasteiger partial charge in [0.15, 0.2) is 0 Å². The van der Waals surface area contributed by atoms with E-state index >= 15 is 0 Å². The standard InChI is InChI=1S/C13H15N3S/c1-10-14-6-12-8-16(4-2-13(12)15-10)7-11-3-5-17-9-11/h3,5-6,9H,2,4,7-8H2,1H3. The van der Waals surface area contributed by atoms with Crippen LogP contribution < -0.4 is 0 Å². The fraction of sp³-hybridized carbons (Fsp3) is 0.385. The maximum Gasteiger partial charge on any atom is 0.125 e. The highest BCUT2D eigenvalue weighted by atomic mass is 32.1. The molecule has 0 N–H and O–H groups in total. The topological polar surface area (TPSA) is 29.0 Å². The summed E-state index contributed by atoms with van der Waals surface area (Å²) in [5.74, 6) is 0.884. The summed E-state index contributed by atoms with van der Waals surface area (Å²) in [6, 6.07) is 2.20. The van der Waals surface area contributed by atoms with E-state index in [4.69, 9.17) is 0 Å². The van der Waals surface area contributed by atoms with E-state index in [1.54, 1.807) is 11.3 Å². The van der Waals surface area contributed by atoms with Crippen LogP contribution in [0.3, 0.4) is 0 Å². The van der Waals surface area contributed by atoms with Gasteiger partial charge < -0.3 is 0 Å². The van der Waals surface area contributed by atoms with Gasteiger partial charge in [-0.25, -0.2) is 9.97 Å². The van der Waals surface area contributed by atoms with Gasteiger partial charge in [0.05, 0.1) is 0 Å². The minimum atomic E-state index is 0.884. The molecular weight excluding hydrogens is 230 g/mol. The summed E-state index contributed by atoms with van der Waals surface area (Å²) in [7, 11) is 0. The Morgan fingerprint density at radius 1 is 1.47 bits per heavy atom. The zero-order valence-corrected chi connectivity index (χ0v) is 10.7. The van der Waals surface area contributed by atoms with Gasteiger partial charge in [0.1, 0.15) is 5.82 Å². The smallest absolute Gasteiger partial charge is 0.125 e. The Kier molecular flexibility index (Phi) is 2.91. The molecule has 0 spiro atoms. The highest BCUT2D eigenvalue weighted by Gasteiger charge is 2.17. The van der Waals surface area contributed by atoms with Crippen molar-refractivity contribution in [1.29, 1.82) is 0 Å². The van der Waals surface area contributed by atoms with E-state index in [9.17, 15) is 0 Å². The van der Waals surface area contributed by atoms with E-state index < -0.39 is 0 Å². The van der Waals surface area contributed by atoms with Gasteiger partial charge >= 0.3 is 0 Å². The molecule has 0 unspecified atom stereocenters. The van der Waals surface area contributed by atoms with E-state index in [0.29, 0.717) is 0 Å². The van der Waals surface area contributed by atoms with Crippen molar-refractivity contribution in [2.45, 2.75) is 26.4 Å². The number of hydrogen-bond acceptors (Lipinski definition) is 4. The second-order valence-corrected chi connectivity index (χ2v) is 5.26. The Labute approximate surface area is 105 Å². The van der Waals surface area contributed by atoms with E-state index in [-0.39, 0.29) is 0 Å². The number of aryl methyl sites for hydroxylation is 1. The first-order valence-electron chi connectivity index (χ1n) is 5.86. The zero-order chi connectivity index (χ0) is 11.7. The summed E-state index contributed by atoms with van der Waals surface area (Å²) in [6.45, 7) is 5.07. The molecule has 0 bridgehead atoms. The second kappa shape index (κ2) is 4.55. The van der Waals surface area contributed by atoms with Gasteiger partial charge in [0.2, 0.25) is 0 Å². The molecule has 0 aliphatic carbocycles. The van der Waals surface area contributed by atoms with Crippen LogP contribution >= 0.6 is 11.3 Å². The van der Waals surface area contributed by atoms with E-state index in [0.717, 1.165) is 31.9 Å². The predicted octanol–water partition coefficient (Wildman–Crippen LogP) is 2.40. The number of hydrogen-bond donors (Lipinski definition) is 0. The first-order valence-corrected chi connectivity index (χ1v) is 6.80. The third-order valence-corrected chi connectivity index (χ3v) is 3.85. The second-order valence-electron chi connectivity index (χ2n) is 4.48. The van der Waals surface area contributed by atoms with Gasteiger partial charge in [-0.1, -0.05) is 0 Å². The molecule has 0 radical (unpaired) electrons. The molecular formula is C13H15N3S. The van der Waals surface area contributed by atoms with Crippen molar-refractivity contribution in [3.05, 3.63) is 45.7 Å². The van der Waals surface area contributed by atoms with Crippen LogP contribution in [-0.2, 0) is 19.5 Å². The van der Waals surface area contributed by atoms with Crippen molar-refractivity contribution in [3.63, 3.8) is 0 Å². The average molecular weight is 245 g/mol. The van der Waals surface area contributed by atoms with Crippen molar-refractivity contribution in [3.8, 4) is 0 Å². The maximum atomic E-state index is 4.51. The number of aromatic nitrogens is 2. The molecule has 3 nitrogen and oxygen atoms in total. The normalized spacial score (nSPS) is 15.8. The molecule has 1 aliphatic rings. The summed E-state index contributed by atoms with van der Waals surface area (Å²) in [6.07, 6.45) is 3.03. The highest BCUT2D eigenvalue weighted by Crippen LogP contribution is 2.19. The first kappa shape index (κ1) is 10.9. The quantitative estimate of drug-likeness (QED) is 0.813. The molecule has 0 fully saturated rings. The largest absolute Gasteiger partial charge is 0.294 e. The average Bonchev–Trinajstić information content (AvgIpc) is 2.82. The van der Waals surface area contributed by atoms with Crippen molar-refractivity contribution in [2.24, 2.45) is 0 Å². The third-order valence-electron chi connectivity index (χ3n) is 3.12. The zero-order valence-electron chi connectivity index (χ0n) is 9.89. The van der Waals surface area contributed by atoms with Gasteiger partial charge in [-0.2, -0.15) is 11.3 Å². The molecule has 1 aliphatic heterocycles. The van der Waals surface area contributed by atoms with Gasteiger partial charge in [-0.15, -0.1) is 0 Å². The highest BCUT2D eigenvalue weighted by molar-refractivity contribution is 7.07. The van der Waals surface area contributed by atoms with Crippen LogP contribution in [0.15, 0.2) is 23.0 Å². The van der Waals surface area contributed by atoms with E-state index in [1.807, 2.05) is 13.1 Å². The van der Waals surface area contributed by atoms with Crippen LogP contribution in [0.25, 0.3) is 0 Å². The molecule has 0 saturated heterocycles. The fourth-order valence-corrected chi connectivity index (χ4v) is 2.91. The molecule has 2 aromatic rings. The van der Waals surface area contributed by atoms with Gasteiger partial charge in [0.25, 0.3) is 0 Å². The monoisotopic (exact) mass is 245 g/mol. The van der Waals surface area contributed by atoms with Crippen molar-refractivity contribution < 1.29 is 0 Å². The number of fused-ring (bicyclic) bond motifs is 1. The van der Waals surface area contributed by atoms with Gasteiger partial charge in [-0.3, -0.25) is 4.90 Å². The fourth-order valence-electron chi connectivity index (χ4n) is 2.25. The molecule has 0 aromatic carbocycles. The molecule has 0 saturated carbocycles. The minimum absolute atomic E-state index is 0.884. The number of nitrogens with zero attached hydrogens (tertiary/aromatic N) is 3. The number of thiophene rings is 1. The van der Waals surface area contributed by atoms with Crippen LogP contribution in [0.1, 0.15) is 22.6 Å². The molecule has 0 atom stereocenters. The minimum Gasteiger partial charge on any atom is -0.294 e. The summed E-state index contributed by atoms with van der Waals surface area (Å²) >= 11 is 1.76. The summed E-state index contributed by atoms with van der Waals surface area (Å²) < 4.78 is 0. The molecule has 3 heterocycles. The van der Waals surface area contributed by atoms with Crippen LogP contribution in [0, 0.1) is 6.92 Å². The SMILES string of the molecule is Cc1ncc2c(n1)CCN(Cc1ccsc1)C2. The summed E-state index contributed by atoms with van der Waals surface area (Å²) in [5.41, 5.74) is 3.93. The Morgan fingerprint density at radius 2 is 2.41 bits per heavy atom. The Bertz CT molecular complexity index is 507. The van der Waals surface area contributed by atoms with Gasteiger partial charge in [-0.05, 0) is 29.3 Å². The molecule has 88 valence electrons. The van der Waals surface area contributed by atoms with Crippen molar-refractivity contribution in [2.75, 3.05) is 6.54 Å².